The summed E-state index contributed by atoms with van der Waals surface area (Å²) in [6.45, 7) is 2.31. The predicted octanol–water partition coefficient (Wildman–Crippen LogP) is 0.168. The van der Waals surface area contributed by atoms with Gasteiger partial charge in [-0.2, -0.15) is 0 Å². The largest absolute Gasteiger partial charge is 0.481 e. The second kappa shape index (κ2) is 4.64. The van der Waals surface area contributed by atoms with Gasteiger partial charge in [-0.15, -0.1) is 0 Å². The lowest BCUT2D eigenvalue weighted by Gasteiger charge is -2.15. The molecule has 1 amide bonds. The van der Waals surface area contributed by atoms with Crippen molar-refractivity contribution in [1.29, 1.82) is 0 Å². The minimum Gasteiger partial charge on any atom is -0.481 e. The zero-order chi connectivity index (χ0) is 13.3. The number of carboxylic acid groups (broad SMARTS) is 1. The Bertz CT molecular complexity index is 537. The van der Waals surface area contributed by atoms with E-state index in [1.165, 1.54) is 23.4 Å². The Morgan fingerprint density at radius 1 is 1.44 bits per heavy atom. The number of aromatic amines is 1. The number of hydrogen-bond acceptors (Lipinski definition) is 3. The van der Waals surface area contributed by atoms with Crippen molar-refractivity contribution < 1.29 is 14.7 Å². The first-order chi connectivity index (χ1) is 8.50. The number of rotatable bonds is 2. The van der Waals surface area contributed by atoms with Gasteiger partial charge in [-0.05, 0) is 5.92 Å². The van der Waals surface area contributed by atoms with E-state index in [0.29, 0.717) is 6.54 Å². The summed E-state index contributed by atoms with van der Waals surface area (Å²) in [6.07, 6.45) is 2.80. The lowest BCUT2D eigenvalue weighted by atomic mass is 9.99. The highest BCUT2D eigenvalue weighted by molar-refractivity contribution is 5.94. The zero-order valence-electron chi connectivity index (χ0n) is 9.92. The van der Waals surface area contributed by atoms with E-state index >= 15 is 0 Å². The van der Waals surface area contributed by atoms with Crippen LogP contribution in [0.4, 0.5) is 0 Å². The molecule has 1 aliphatic rings. The number of aliphatic carboxylic acids is 1. The molecule has 0 radical (unpaired) electrons. The van der Waals surface area contributed by atoms with Crippen LogP contribution in [0.5, 0.6) is 0 Å². The number of nitrogens with zero attached hydrogens (tertiary/aromatic N) is 1. The summed E-state index contributed by atoms with van der Waals surface area (Å²) >= 11 is 0. The molecule has 0 bridgehead atoms. The minimum absolute atomic E-state index is 0.0516. The van der Waals surface area contributed by atoms with Gasteiger partial charge in [-0.3, -0.25) is 14.4 Å². The molecule has 2 unspecified atom stereocenters. The van der Waals surface area contributed by atoms with Crippen molar-refractivity contribution >= 4 is 11.9 Å². The SMILES string of the molecule is CC1CN(C(=O)c2c[nH]ccc2=O)CC1C(=O)O. The highest BCUT2D eigenvalue weighted by Gasteiger charge is 2.37. The maximum Gasteiger partial charge on any atom is 0.308 e. The maximum absolute atomic E-state index is 12.1. The maximum atomic E-state index is 12.1. The molecule has 0 aromatic carbocycles. The number of carboxylic acids is 1. The molecule has 96 valence electrons. The zero-order valence-corrected chi connectivity index (χ0v) is 9.92. The Labute approximate surface area is 103 Å². The van der Waals surface area contributed by atoms with E-state index in [1.54, 1.807) is 6.92 Å². The predicted molar refractivity (Wildman–Crippen MR) is 63.3 cm³/mol. The Balaban J connectivity index is 2.20. The van der Waals surface area contributed by atoms with Gasteiger partial charge in [0.05, 0.1) is 5.92 Å². The number of carbonyl (C=O) groups is 2. The average molecular weight is 250 g/mol. The fourth-order valence-corrected chi connectivity index (χ4v) is 2.21. The molecule has 2 heterocycles. The van der Waals surface area contributed by atoms with E-state index in [0.717, 1.165) is 0 Å². The highest BCUT2D eigenvalue weighted by atomic mass is 16.4. The number of amides is 1. The van der Waals surface area contributed by atoms with Gasteiger partial charge in [0, 0.05) is 31.5 Å². The van der Waals surface area contributed by atoms with Crippen molar-refractivity contribution in [1.82, 2.24) is 9.88 Å². The number of likely N-dealkylation sites (tertiary alicyclic amines) is 1. The molecule has 0 saturated carbocycles. The van der Waals surface area contributed by atoms with Crippen LogP contribution >= 0.6 is 0 Å². The number of nitrogens with one attached hydrogen (secondary N) is 1. The van der Waals surface area contributed by atoms with Crippen LogP contribution in [0.2, 0.25) is 0 Å². The number of aromatic nitrogens is 1. The van der Waals surface area contributed by atoms with Gasteiger partial charge < -0.3 is 15.0 Å². The van der Waals surface area contributed by atoms with Gasteiger partial charge in [0.25, 0.3) is 5.91 Å². The molecule has 1 aromatic heterocycles. The van der Waals surface area contributed by atoms with Crippen molar-refractivity contribution in [3.05, 3.63) is 34.2 Å². The Morgan fingerprint density at radius 2 is 2.17 bits per heavy atom. The third-order valence-electron chi connectivity index (χ3n) is 3.27. The van der Waals surface area contributed by atoms with Crippen molar-refractivity contribution in [3.8, 4) is 0 Å². The first-order valence-corrected chi connectivity index (χ1v) is 5.70. The lowest BCUT2D eigenvalue weighted by molar-refractivity contribution is -0.142. The van der Waals surface area contributed by atoms with Gasteiger partial charge in [0.15, 0.2) is 5.43 Å². The molecule has 2 atom stereocenters. The van der Waals surface area contributed by atoms with Crippen molar-refractivity contribution in [3.63, 3.8) is 0 Å². The second-order valence-electron chi connectivity index (χ2n) is 4.55. The second-order valence-corrected chi connectivity index (χ2v) is 4.55. The third kappa shape index (κ3) is 2.13. The molecule has 1 aromatic rings. The normalized spacial score (nSPS) is 23.1. The summed E-state index contributed by atoms with van der Waals surface area (Å²) in [5.74, 6) is -1.97. The van der Waals surface area contributed by atoms with Gasteiger partial charge in [-0.25, -0.2) is 0 Å². The Kier molecular flexibility index (Phi) is 3.18. The first kappa shape index (κ1) is 12.3. The quantitative estimate of drug-likeness (QED) is 0.782. The molecule has 6 nitrogen and oxygen atoms in total. The molecular formula is C12H14N2O4. The van der Waals surface area contributed by atoms with Crippen molar-refractivity contribution in [2.45, 2.75) is 6.92 Å². The molecular weight excluding hydrogens is 236 g/mol. The van der Waals surface area contributed by atoms with Gasteiger partial charge in [-0.1, -0.05) is 6.92 Å². The monoisotopic (exact) mass is 250 g/mol. The van der Waals surface area contributed by atoms with Crippen LogP contribution in [0.1, 0.15) is 17.3 Å². The number of H-pyrrole nitrogens is 1. The van der Waals surface area contributed by atoms with E-state index in [4.69, 9.17) is 5.11 Å². The third-order valence-corrected chi connectivity index (χ3v) is 3.27. The van der Waals surface area contributed by atoms with Crippen LogP contribution in [-0.2, 0) is 4.79 Å². The molecule has 1 saturated heterocycles. The summed E-state index contributed by atoms with van der Waals surface area (Å²) in [6, 6.07) is 1.28. The van der Waals surface area contributed by atoms with Crippen molar-refractivity contribution in [2.75, 3.05) is 13.1 Å². The van der Waals surface area contributed by atoms with E-state index in [2.05, 4.69) is 4.98 Å². The van der Waals surface area contributed by atoms with Crippen molar-refractivity contribution in [2.24, 2.45) is 11.8 Å². The Hall–Kier alpha value is -2.11. The number of hydrogen-bond donors (Lipinski definition) is 2. The summed E-state index contributed by atoms with van der Waals surface area (Å²) < 4.78 is 0. The molecule has 1 fully saturated rings. The van der Waals surface area contributed by atoms with Crippen LogP contribution in [0.15, 0.2) is 23.3 Å². The van der Waals surface area contributed by atoms with E-state index in [1.807, 2.05) is 0 Å². The highest BCUT2D eigenvalue weighted by Crippen LogP contribution is 2.23. The number of pyridine rings is 1. The molecule has 18 heavy (non-hydrogen) atoms. The first-order valence-electron chi connectivity index (χ1n) is 5.70. The minimum atomic E-state index is -0.903. The lowest BCUT2D eigenvalue weighted by Crippen LogP contribution is -2.33. The molecule has 2 rings (SSSR count). The van der Waals surface area contributed by atoms with Gasteiger partial charge >= 0.3 is 5.97 Å². The van der Waals surface area contributed by atoms with E-state index in [-0.39, 0.29) is 23.5 Å². The van der Waals surface area contributed by atoms with Crippen LogP contribution in [0.25, 0.3) is 0 Å². The molecule has 0 spiro atoms. The molecule has 6 heteroatoms. The van der Waals surface area contributed by atoms with Gasteiger partial charge in [0.1, 0.15) is 5.56 Å². The van der Waals surface area contributed by atoms with Crippen LogP contribution in [-0.4, -0.2) is 40.0 Å². The topological polar surface area (TPSA) is 90.5 Å². The molecule has 0 aliphatic carbocycles. The smallest absolute Gasteiger partial charge is 0.308 e. The Morgan fingerprint density at radius 3 is 2.72 bits per heavy atom. The van der Waals surface area contributed by atoms with E-state index in [9.17, 15) is 14.4 Å². The van der Waals surface area contributed by atoms with Crippen LogP contribution in [0.3, 0.4) is 0 Å². The summed E-state index contributed by atoms with van der Waals surface area (Å²) in [5, 5.41) is 9.00. The van der Waals surface area contributed by atoms with Crippen LogP contribution in [0, 0.1) is 11.8 Å². The summed E-state index contributed by atoms with van der Waals surface area (Å²) in [4.78, 5) is 38.7. The standard InChI is InChI=1S/C12H14N2O4/c1-7-5-14(6-9(7)12(17)18)11(16)8-4-13-3-2-10(8)15/h2-4,7,9H,5-6H2,1H3,(H,13,15)(H,17,18). The number of carbonyl (C=O) groups excluding carboxylic acids is 1. The summed E-state index contributed by atoms with van der Waals surface area (Å²) in [7, 11) is 0. The fourth-order valence-electron chi connectivity index (χ4n) is 2.21. The molecule has 1 aliphatic heterocycles. The molecule has 2 N–H and O–H groups in total. The van der Waals surface area contributed by atoms with Crippen LogP contribution < -0.4 is 5.43 Å². The fraction of sp³-hybridized carbons (Fsp3) is 0.417. The average Bonchev–Trinajstić information content (AvgIpc) is 2.71. The summed E-state index contributed by atoms with van der Waals surface area (Å²) in [5.41, 5.74) is -0.305. The van der Waals surface area contributed by atoms with E-state index < -0.39 is 17.8 Å². The van der Waals surface area contributed by atoms with Gasteiger partial charge in [0.2, 0.25) is 0 Å².